The topological polar surface area (TPSA) is 14.1 Å². The molecule has 0 saturated carbocycles. The highest BCUT2D eigenvalue weighted by Crippen LogP contribution is 2.34. The van der Waals surface area contributed by atoms with Crippen molar-refractivity contribution < 1.29 is 0 Å². The van der Waals surface area contributed by atoms with Crippen molar-refractivity contribution in [1.29, 1.82) is 0 Å². The maximum Gasteiger partial charge on any atom is 0.0379 e. The van der Waals surface area contributed by atoms with Crippen molar-refractivity contribution in [3.8, 4) is 0 Å². The van der Waals surface area contributed by atoms with Crippen LogP contribution in [0.2, 0.25) is 0 Å². The van der Waals surface area contributed by atoms with E-state index in [0.717, 1.165) is 12.5 Å². The van der Waals surface area contributed by atoms with E-state index in [2.05, 4.69) is 20.8 Å². The van der Waals surface area contributed by atoms with E-state index in [1.807, 2.05) is 0 Å². The maximum absolute atomic E-state index is 4.94. The van der Waals surface area contributed by atoms with Crippen molar-refractivity contribution in [2.24, 2.45) is 5.92 Å². The first-order valence-corrected chi connectivity index (χ1v) is 5.97. The van der Waals surface area contributed by atoms with Gasteiger partial charge in [-0.25, -0.2) is 5.32 Å². The molecule has 0 aromatic heterocycles. The second-order valence-corrected chi connectivity index (χ2v) is 4.29. The van der Waals surface area contributed by atoms with Crippen molar-refractivity contribution in [2.75, 3.05) is 6.54 Å². The van der Waals surface area contributed by atoms with E-state index in [-0.39, 0.29) is 0 Å². The molecule has 13 heavy (non-hydrogen) atoms. The molecule has 77 valence electrons. The van der Waals surface area contributed by atoms with Gasteiger partial charge in [-0.05, 0) is 31.6 Å². The molecular formula is C12H24N. The molecule has 0 aromatic carbocycles. The van der Waals surface area contributed by atoms with Crippen LogP contribution in [0.4, 0.5) is 0 Å². The summed E-state index contributed by atoms with van der Waals surface area (Å²) in [6.07, 6.45) is 7.90. The monoisotopic (exact) mass is 182 g/mol. The Kier molecular flexibility index (Phi) is 4.24. The molecule has 1 nitrogen and oxygen atoms in total. The summed E-state index contributed by atoms with van der Waals surface area (Å²) < 4.78 is 0. The quantitative estimate of drug-likeness (QED) is 0.635. The average molecular weight is 182 g/mol. The lowest BCUT2D eigenvalue weighted by Crippen LogP contribution is -2.44. The summed E-state index contributed by atoms with van der Waals surface area (Å²) in [5, 5.41) is 4.94. The number of hydrogen-bond donors (Lipinski definition) is 0. The number of nitrogens with zero attached hydrogens (tertiary/aromatic N) is 1. The molecule has 0 bridgehead atoms. The third-order valence-electron chi connectivity index (χ3n) is 3.86. The first-order valence-electron chi connectivity index (χ1n) is 5.97. The van der Waals surface area contributed by atoms with Crippen molar-refractivity contribution in [2.45, 2.75) is 64.8 Å². The smallest absolute Gasteiger partial charge is 0.0379 e. The summed E-state index contributed by atoms with van der Waals surface area (Å²) >= 11 is 0. The summed E-state index contributed by atoms with van der Waals surface area (Å²) in [5.74, 6) is 0.852. The molecule has 1 heterocycles. The van der Waals surface area contributed by atoms with E-state index < -0.39 is 0 Å². The normalized spacial score (nSPS) is 28.4. The molecule has 0 N–H and O–H groups in total. The van der Waals surface area contributed by atoms with E-state index in [1.165, 1.54) is 38.5 Å². The minimum atomic E-state index is 0.339. The van der Waals surface area contributed by atoms with Gasteiger partial charge in [-0.15, -0.1) is 0 Å². The molecule has 1 aliphatic rings. The Morgan fingerprint density at radius 2 is 1.85 bits per heavy atom. The van der Waals surface area contributed by atoms with Crippen LogP contribution in [0.1, 0.15) is 59.3 Å². The zero-order chi connectivity index (χ0) is 9.73. The summed E-state index contributed by atoms with van der Waals surface area (Å²) in [4.78, 5) is 0. The fourth-order valence-corrected chi connectivity index (χ4v) is 2.84. The Morgan fingerprint density at radius 3 is 2.38 bits per heavy atom. The van der Waals surface area contributed by atoms with E-state index in [1.54, 1.807) is 0 Å². The van der Waals surface area contributed by atoms with Crippen LogP contribution in [-0.4, -0.2) is 12.1 Å². The van der Waals surface area contributed by atoms with E-state index >= 15 is 0 Å². The largest absolute Gasteiger partial charge is 0.235 e. The van der Waals surface area contributed by atoms with Gasteiger partial charge in [0.1, 0.15) is 0 Å². The molecular weight excluding hydrogens is 158 g/mol. The predicted octanol–water partition coefficient (Wildman–Crippen LogP) is 3.36. The third-order valence-corrected chi connectivity index (χ3v) is 3.86. The summed E-state index contributed by atoms with van der Waals surface area (Å²) in [7, 11) is 0. The van der Waals surface area contributed by atoms with Crippen LogP contribution in [0, 0.1) is 5.92 Å². The standard InChI is InChI=1S/C12H24N/c1-4-11-9-7-8-10-13-12(11,5-2)6-3/h11H,4-10H2,1-3H3. The van der Waals surface area contributed by atoms with Gasteiger partial charge in [-0.3, -0.25) is 0 Å². The molecule has 1 heteroatoms. The van der Waals surface area contributed by atoms with Crippen molar-refractivity contribution in [3.05, 3.63) is 0 Å². The van der Waals surface area contributed by atoms with Crippen LogP contribution in [0.5, 0.6) is 0 Å². The van der Waals surface area contributed by atoms with E-state index in [4.69, 9.17) is 5.32 Å². The molecule has 1 atom stereocenters. The summed E-state index contributed by atoms with van der Waals surface area (Å²) in [6, 6.07) is 0. The first kappa shape index (κ1) is 11.0. The van der Waals surface area contributed by atoms with Gasteiger partial charge in [0.2, 0.25) is 0 Å². The fourth-order valence-electron chi connectivity index (χ4n) is 2.84. The van der Waals surface area contributed by atoms with Crippen LogP contribution >= 0.6 is 0 Å². The molecule has 1 fully saturated rings. The van der Waals surface area contributed by atoms with Crippen molar-refractivity contribution in [1.82, 2.24) is 5.32 Å². The average Bonchev–Trinajstić information content (AvgIpc) is 2.39. The Hall–Kier alpha value is -0.0400. The van der Waals surface area contributed by atoms with Crippen LogP contribution in [0.15, 0.2) is 0 Å². The highest BCUT2D eigenvalue weighted by molar-refractivity contribution is 4.93. The second kappa shape index (κ2) is 4.99. The Balaban J connectivity index is 2.72. The SMILES string of the molecule is CCC1CCCC[N]C1(CC)CC. The molecule has 0 aromatic rings. The van der Waals surface area contributed by atoms with Crippen molar-refractivity contribution >= 4 is 0 Å². The Morgan fingerprint density at radius 1 is 1.15 bits per heavy atom. The lowest BCUT2D eigenvalue weighted by Gasteiger charge is -2.37. The minimum Gasteiger partial charge on any atom is -0.235 e. The third kappa shape index (κ3) is 2.25. The van der Waals surface area contributed by atoms with Gasteiger partial charge in [0.05, 0.1) is 0 Å². The maximum atomic E-state index is 4.94. The lowest BCUT2D eigenvalue weighted by atomic mass is 9.76. The number of hydrogen-bond acceptors (Lipinski definition) is 0. The highest BCUT2D eigenvalue weighted by atomic mass is 15.0. The van der Waals surface area contributed by atoms with E-state index in [0.29, 0.717) is 5.54 Å². The van der Waals surface area contributed by atoms with Gasteiger partial charge in [-0.1, -0.05) is 33.6 Å². The Bertz CT molecular complexity index is 138. The van der Waals surface area contributed by atoms with Crippen LogP contribution in [0.3, 0.4) is 0 Å². The molecule has 0 amide bonds. The van der Waals surface area contributed by atoms with Crippen LogP contribution in [0.25, 0.3) is 0 Å². The lowest BCUT2D eigenvalue weighted by molar-refractivity contribution is 0.186. The zero-order valence-electron chi connectivity index (χ0n) is 9.47. The van der Waals surface area contributed by atoms with Gasteiger partial charge in [-0.2, -0.15) is 0 Å². The Labute approximate surface area is 83.3 Å². The second-order valence-electron chi connectivity index (χ2n) is 4.29. The fraction of sp³-hybridized carbons (Fsp3) is 1.00. The van der Waals surface area contributed by atoms with Gasteiger partial charge < -0.3 is 0 Å². The first-order chi connectivity index (χ1) is 6.29. The molecule has 1 rings (SSSR count). The van der Waals surface area contributed by atoms with E-state index in [9.17, 15) is 0 Å². The van der Waals surface area contributed by atoms with Crippen molar-refractivity contribution in [3.63, 3.8) is 0 Å². The molecule has 0 aliphatic carbocycles. The molecule has 1 saturated heterocycles. The minimum absolute atomic E-state index is 0.339. The summed E-state index contributed by atoms with van der Waals surface area (Å²) in [5.41, 5.74) is 0.339. The molecule has 1 unspecified atom stereocenters. The predicted molar refractivity (Wildman–Crippen MR) is 57.9 cm³/mol. The number of rotatable bonds is 3. The van der Waals surface area contributed by atoms with Gasteiger partial charge in [0.25, 0.3) is 0 Å². The van der Waals surface area contributed by atoms with Gasteiger partial charge >= 0.3 is 0 Å². The molecule has 0 spiro atoms. The molecule has 1 aliphatic heterocycles. The summed E-state index contributed by atoms with van der Waals surface area (Å²) in [6.45, 7) is 8.05. The van der Waals surface area contributed by atoms with Crippen LogP contribution in [-0.2, 0) is 0 Å². The van der Waals surface area contributed by atoms with Crippen LogP contribution < -0.4 is 5.32 Å². The molecule has 1 radical (unpaired) electrons. The van der Waals surface area contributed by atoms with Gasteiger partial charge in [0, 0.05) is 12.1 Å². The zero-order valence-corrected chi connectivity index (χ0v) is 9.47. The highest BCUT2D eigenvalue weighted by Gasteiger charge is 2.35. The van der Waals surface area contributed by atoms with Gasteiger partial charge in [0.15, 0.2) is 0 Å².